The van der Waals surface area contributed by atoms with E-state index in [4.69, 9.17) is 0 Å². The zero-order valence-corrected chi connectivity index (χ0v) is 17.9. The van der Waals surface area contributed by atoms with E-state index in [1.165, 1.54) is 38.5 Å². The summed E-state index contributed by atoms with van der Waals surface area (Å²) in [4.78, 5) is 0. The van der Waals surface area contributed by atoms with Gasteiger partial charge in [0.15, 0.2) is 0 Å². The largest absolute Gasteiger partial charge is 0.388 e. The first-order chi connectivity index (χ1) is 12.7. The Hall–Kier alpha value is -0.860. The molecule has 6 atom stereocenters. The molecule has 3 rings (SSSR count). The van der Waals surface area contributed by atoms with Gasteiger partial charge >= 0.3 is 0 Å². The molecule has 0 amide bonds. The third-order valence-corrected chi connectivity index (χ3v) is 7.87. The summed E-state index contributed by atoms with van der Waals surface area (Å²) >= 11 is 0. The molecular weight excluding hydrogens is 332 g/mol. The standard InChI is InChI=1S/C25H40O2/c1-16(2)13-17(3)21-10-11-22-20(7-6-12-25(21,22)5)9-8-19-14-23(26)18(4)24(27)15-19/h8-9,16-17,21-24,26-27H,4,6-7,10-15H2,1-3,5H3/b20-9+/t17?,21?,22?,23-,24-,25-/m1/s1. The van der Waals surface area contributed by atoms with Gasteiger partial charge in [-0.3, -0.25) is 0 Å². The van der Waals surface area contributed by atoms with E-state index in [-0.39, 0.29) is 0 Å². The number of aliphatic hydroxyl groups is 2. The Morgan fingerprint density at radius 3 is 2.41 bits per heavy atom. The minimum Gasteiger partial charge on any atom is -0.388 e. The second-order valence-electron chi connectivity index (χ2n) is 10.3. The normalized spacial score (nSPS) is 39.7. The zero-order valence-electron chi connectivity index (χ0n) is 17.9. The lowest BCUT2D eigenvalue weighted by Gasteiger charge is -2.44. The zero-order chi connectivity index (χ0) is 19.8. The van der Waals surface area contributed by atoms with E-state index in [0.717, 1.165) is 29.2 Å². The molecular formula is C25H40O2. The fraction of sp³-hybridized carbons (Fsp3) is 0.760. The van der Waals surface area contributed by atoms with Crippen LogP contribution in [0.3, 0.4) is 0 Å². The summed E-state index contributed by atoms with van der Waals surface area (Å²) in [5.74, 6) is 3.16. The average Bonchev–Trinajstić information content (AvgIpc) is 2.94. The highest BCUT2D eigenvalue weighted by atomic mass is 16.3. The average molecular weight is 373 g/mol. The van der Waals surface area contributed by atoms with Crippen molar-refractivity contribution in [1.82, 2.24) is 0 Å². The lowest BCUT2D eigenvalue weighted by molar-refractivity contribution is 0.0893. The Bertz CT molecular complexity index is 598. The topological polar surface area (TPSA) is 40.5 Å². The predicted octanol–water partition coefficient (Wildman–Crippen LogP) is 5.81. The van der Waals surface area contributed by atoms with Crippen molar-refractivity contribution in [2.75, 3.05) is 0 Å². The van der Waals surface area contributed by atoms with Gasteiger partial charge in [0, 0.05) is 0 Å². The Labute approximate surface area is 166 Å². The van der Waals surface area contributed by atoms with Crippen molar-refractivity contribution < 1.29 is 10.2 Å². The smallest absolute Gasteiger partial charge is 0.0809 e. The summed E-state index contributed by atoms with van der Waals surface area (Å²) in [5.41, 5.74) is 3.80. The Kier molecular flexibility index (Phi) is 6.37. The maximum Gasteiger partial charge on any atom is 0.0809 e. The SMILES string of the molecule is C=C1[C@H](O)CC(=C/C=C2\CCC[C@@]3(C)C2CCC3C(C)CC(C)C)C[C@H]1O. The van der Waals surface area contributed by atoms with E-state index in [9.17, 15) is 10.2 Å². The quantitative estimate of drug-likeness (QED) is 0.611. The summed E-state index contributed by atoms with van der Waals surface area (Å²) in [6, 6.07) is 0. The third-order valence-electron chi connectivity index (χ3n) is 7.87. The Morgan fingerprint density at radius 2 is 1.78 bits per heavy atom. The van der Waals surface area contributed by atoms with E-state index >= 15 is 0 Å². The van der Waals surface area contributed by atoms with Crippen molar-refractivity contribution in [3.63, 3.8) is 0 Å². The molecule has 3 unspecified atom stereocenters. The number of fused-ring (bicyclic) bond motifs is 1. The van der Waals surface area contributed by atoms with Gasteiger partial charge in [0.1, 0.15) is 0 Å². The molecule has 0 radical (unpaired) electrons. The Balaban J connectivity index is 1.76. The van der Waals surface area contributed by atoms with E-state index in [1.807, 2.05) is 0 Å². The van der Waals surface area contributed by atoms with Gasteiger partial charge in [-0.1, -0.05) is 57.6 Å². The maximum absolute atomic E-state index is 10.1. The number of aliphatic hydroxyl groups excluding tert-OH is 2. The van der Waals surface area contributed by atoms with Crippen molar-refractivity contribution in [3.05, 3.63) is 35.5 Å². The van der Waals surface area contributed by atoms with Crippen LogP contribution in [0.25, 0.3) is 0 Å². The number of allylic oxidation sites excluding steroid dienone is 3. The second-order valence-corrected chi connectivity index (χ2v) is 10.3. The van der Waals surface area contributed by atoms with Crippen molar-refractivity contribution in [2.45, 2.75) is 91.3 Å². The molecule has 0 aromatic rings. The molecule has 3 saturated carbocycles. The van der Waals surface area contributed by atoms with Crippen LogP contribution in [0.1, 0.15) is 79.1 Å². The first-order valence-electron chi connectivity index (χ1n) is 11.2. The van der Waals surface area contributed by atoms with Gasteiger partial charge in [0.2, 0.25) is 0 Å². The summed E-state index contributed by atoms with van der Waals surface area (Å²) in [7, 11) is 0. The van der Waals surface area contributed by atoms with Gasteiger partial charge < -0.3 is 10.2 Å². The Morgan fingerprint density at radius 1 is 1.11 bits per heavy atom. The van der Waals surface area contributed by atoms with Crippen LogP contribution < -0.4 is 0 Å². The minimum atomic E-state index is -0.595. The first kappa shape index (κ1) is 20.9. The van der Waals surface area contributed by atoms with E-state index in [1.54, 1.807) is 5.57 Å². The molecule has 0 saturated heterocycles. The lowest BCUT2D eigenvalue weighted by Crippen LogP contribution is -2.36. The van der Waals surface area contributed by atoms with Crippen LogP contribution in [0.2, 0.25) is 0 Å². The van der Waals surface area contributed by atoms with Gasteiger partial charge in [-0.05, 0) is 86.0 Å². The molecule has 3 fully saturated rings. The van der Waals surface area contributed by atoms with Crippen LogP contribution in [0, 0.1) is 29.1 Å². The highest BCUT2D eigenvalue weighted by molar-refractivity contribution is 5.29. The maximum atomic E-state index is 10.1. The molecule has 0 spiro atoms. The third kappa shape index (κ3) is 4.27. The highest BCUT2D eigenvalue weighted by Gasteiger charge is 2.50. The van der Waals surface area contributed by atoms with Gasteiger partial charge in [-0.2, -0.15) is 0 Å². The molecule has 0 heterocycles. The number of hydrogen-bond donors (Lipinski definition) is 2. The molecule has 0 aliphatic heterocycles. The van der Waals surface area contributed by atoms with Crippen molar-refractivity contribution in [1.29, 1.82) is 0 Å². The molecule has 3 aliphatic rings. The van der Waals surface area contributed by atoms with Crippen molar-refractivity contribution in [3.8, 4) is 0 Å². The van der Waals surface area contributed by atoms with Crippen LogP contribution in [-0.4, -0.2) is 22.4 Å². The van der Waals surface area contributed by atoms with E-state index in [0.29, 0.717) is 23.8 Å². The second kappa shape index (κ2) is 8.25. The first-order valence-corrected chi connectivity index (χ1v) is 11.2. The van der Waals surface area contributed by atoms with Gasteiger partial charge in [0.25, 0.3) is 0 Å². The molecule has 0 aromatic carbocycles. The monoisotopic (exact) mass is 372 g/mol. The molecule has 27 heavy (non-hydrogen) atoms. The summed E-state index contributed by atoms with van der Waals surface area (Å²) in [6.45, 7) is 13.6. The predicted molar refractivity (Wildman–Crippen MR) is 113 cm³/mol. The van der Waals surface area contributed by atoms with Crippen LogP contribution in [0.5, 0.6) is 0 Å². The molecule has 152 valence electrons. The lowest BCUT2D eigenvalue weighted by atomic mass is 9.60. The van der Waals surface area contributed by atoms with Crippen LogP contribution >= 0.6 is 0 Å². The number of hydrogen-bond acceptors (Lipinski definition) is 2. The van der Waals surface area contributed by atoms with Crippen LogP contribution in [0.15, 0.2) is 35.5 Å². The van der Waals surface area contributed by atoms with Crippen molar-refractivity contribution >= 4 is 0 Å². The molecule has 2 heteroatoms. The number of rotatable bonds is 4. The van der Waals surface area contributed by atoms with E-state index in [2.05, 4.69) is 46.4 Å². The summed E-state index contributed by atoms with van der Waals surface area (Å²) in [5, 5.41) is 20.2. The van der Waals surface area contributed by atoms with Crippen LogP contribution in [-0.2, 0) is 0 Å². The van der Waals surface area contributed by atoms with Gasteiger partial charge in [-0.25, -0.2) is 0 Å². The van der Waals surface area contributed by atoms with Gasteiger partial charge in [0.05, 0.1) is 12.2 Å². The molecule has 2 N–H and O–H groups in total. The highest BCUT2D eigenvalue weighted by Crippen LogP contribution is 2.60. The van der Waals surface area contributed by atoms with E-state index < -0.39 is 12.2 Å². The fourth-order valence-corrected chi connectivity index (χ4v) is 6.55. The van der Waals surface area contributed by atoms with Gasteiger partial charge in [-0.15, -0.1) is 0 Å². The minimum absolute atomic E-state index is 0.455. The molecule has 0 bridgehead atoms. The summed E-state index contributed by atoms with van der Waals surface area (Å²) in [6.07, 6.45) is 12.5. The molecule has 0 aromatic heterocycles. The molecule has 2 nitrogen and oxygen atoms in total. The molecule has 3 aliphatic carbocycles. The summed E-state index contributed by atoms with van der Waals surface area (Å²) < 4.78 is 0. The fourth-order valence-electron chi connectivity index (χ4n) is 6.55. The van der Waals surface area contributed by atoms with Crippen LogP contribution in [0.4, 0.5) is 0 Å². The van der Waals surface area contributed by atoms with Crippen molar-refractivity contribution in [2.24, 2.45) is 29.1 Å².